The minimum absolute atomic E-state index is 0.00334. The minimum atomic E-state index is -0.00334. The molecule has 2 aromatic rings. The fraction of sp³-hybridized carbons (Fsp3) is 0.538. The van der Waals surface area contributed by atoms with Crippen LogP contribution in [-0.2, 0) is 11.3 Å². The molecule has 1 aromatic heterocycles. The van der Waals surface area contributed by atoms with Gasteiger partial charge in [0.1, 0.15) is 0 Å². The minimum Gasteiger partial charge on any atom is -0.325 e. The molecule has 4 aliphatic rings. The molecule has 0 saturated heterocycles. The van der Waals surface area contributed by atoms with Crippen LogP contribution in [0.5, 0.6) is 0 Å². The Morgan fingerprint density at radius 2 is 2.06 bits per heavy atom. The quantitative estimate of drug-likeness (QED) is 0.706. The summed E-state index contributed by atoms with van der Waals surface area (Å²) in [6, 6.07) is 7.59. The summed E-state index contributed by atoms with van der Waals surface area (Å²) >= 11 is 0. The lowest BCUT2D eigenvalue weighted by molar-refractivity contribution is -0.121. The fourth-order valence-corrected chi connectivity index (χ4v) is 6.90. The van der Waals surface area contributed by atoms with E-state index < -0.39 is 0 Å². The highest BCUT2D eigenvalue weighted by atomic mass is 16.1. The molecule has 1 amide bonds. The number of nitrogens with one attached hydrogen (secondary N) is 1. The van der Waals surface area contributed by atoms with Gasteiger partial charge < -0.3 is 14.8 Å². The van der Waals surface area contributed by atoms with Gasteiger partial charge in [-0.3, -0.25) is 9.59 Å². The normalized spacial score (nSPS) is 28.9. The van der Waals surface area contributed by atoms with Crippen molar-refractivity contribution in [1.82, 2.24) is 9.47 Å². The van der Waals surface area contributed by atoms with E-state index in [-0.39, 0.29) is 22.3 Å². The molecule has 4 bridgehead atoms. The van der Waals surface area contributed by atoms with Crippen LogP contribution in [0.2, 0.25) is 0 Å². The van der Waals surface area contributed by atoms with Crippen molar-refractivity contribution in [2.24, 2.45) is 16.7 Å². The lowest BCUT2D eigenvalue weighted by Gasteiger charge is -2.57. The van der Waals surface area contributed by atoms with Gasteiger partial charge >= 0.3 is 0 Å². The number of carbonyl (C=O) groups excluding carboxylic acids is 1. The third kappa shape index (κ3) is 3.84. The monoisotopic (exact) mass is 419 g/mol. The Hall–Kier alpha value is -2.40. The zero-order valence-electron chi connectivity index (χ0n) is 18.9. The number of fused-ring (bicyclic) bond motifs is 1. The van der Waals surface area contributed by atoms with Gasteiger partial charge in [-0.25, -0.2) is 0 Å². The molecule has 5 nitrogen and oxygen atoms in total. The largest absolute Gasteiger partial charge is 0.325 e. The molecule has 4 aliphatic carbocycles. The first-order valence-corrected chi connectivity index (χ1v) is 11.5. The highest BCUT2D eigenvalue weighted by Crippen LogP contribution is 2.63. The van der Waals surface area contributed by atoms with Gasteiger partial charge in [0.2, 0.25) is 5.91 Å². The molecule has 3 unspecified atom stereocenters. The van der Waals surface area contributed by atoms with Crippen LogP contribution >= 0.6 is 0 Å². The molecule has 0 aliphatic heterocycles. The van der Waals surface area contributed by atoms with Gasteiger partial charge in [0.25, 0.3) is 5.56 Å². The number of nitrogens with zero attached hydrogens (tertiary/aromatic N) is 2. The zero-order chi connectivity index (χ0) is 21.8. The second-order valence-electron chi connectivity index (χ2n) is 10.9. The van der Waals surface area contributed by atoms with E-state index in [9.17, 15) is 9.59 Å². The summed E-state index contributed by atoms with van der Waals surface area (Å²) in [4.78, 5) is 28.2. The van der Waals surface area contributed by atoms with Gasteiger partial charge in [0, 0.05) is 42.2 Å². The summed E-state index contributed by atoms with van der Waals surface area (Å²) in [6.45, 7) is 3.83. The number of allylic oxidation sites excluding steroid dienone is 2. The first kappa shape index (κ1) is 20.5. The van der Waals surface area contributed by atoms with Crippen LogP contribution in [0.25, 0.3) is 10.8 Å². The van der Waals surface area contributed by atoms with Crippen LogP contribution < -0.4 is 10.9 Å². The van der Waals surface area contributed by atoms with Crippen LogP contribution in [-0.4, -0.2) is 36.0 Å². The Morgan fingerprint density at radius 3 is 2.81 bits per heavy atom. The van der Waals surface area contributed by atoms with E-state index >= 15 is 0 Å². The molecule has 5 heteroatoms. The molecule has 1 aromatic carbocycles. The van der Waals surface area contributed by atoms with Crippen molar-refractivity contribution in [3.63, 3.8) is 0 Å². The fourth-order valence-electron chi connectivity index (χ4n) is 6.90. The maximum absolute atomic E-state index is 13.2. The number of pyridine rings is 1. The van der Waals surface area contributed by atoms with Crippen LogP contribution in [0.4, 0.5) is 5.69 Å². The number of carbonyl (C=O) groups is 1. The molecule has 0 radical (unpaired) electrons. The summed E-state index contributed by atoms with van der Waals surface area (Å²) in [6.07, 6.45) is 10.8. The Kier molecular flexibility index (Phi) is 4.85. The molecular weight excluding hydrogens is 386 g/mol. The predicted molar refractivity (Wildman–Crippen MR) is 125 cm³/mol. The summed E-state index contributed by atoms with van der Waals surface area (Å²) in [7, 11) is 4.00. The molecule has 1 N–H and O–H groups in total. The smallest absolute Gasteiger partial charge is 0.258 e. The standard InChI is InChI=1S/C26H33N3O2/c1-25-12-18-11-19(13-25)15-26(14-18,17-25)16-23(30)27-22-6-4-5-21-20(22)7-8-29(24(21)31)10-9-28(2)3/h4-8,12,19H,9-11,13-17H2,1-3H3,(H,27,30). The Morgan fingerprint density at radius 1 is 1.23 bits per heavy atom. The number of hydrogen-bond donors (Lipinski definition) is 1. The average molecular weight is 420 g/mol. The number of amides is 1. The number of benzene rings is 1. The van der Waals surface area contributed by atoms with Gasteiger partial charge in [-0.05, 0) is 81.1 Å². The third-order valence-corrected chi connectivity index (χ3v) is 7.58. The summed E-state index contributed by atoms with van der Waals surface area (Å²) in [5, 5.41) is 4.63. The van der Waals surface area contributed by atoms with Crippen molar-refractivity contribution in [3.05, 3.63) is 52.5 Å². The first-order chi connectivity index (χ1) is 14.7. The van der Waals surface area contributed by atoms with Crippen molar-refractivity contribution in [3.8, 4) is 0 Å². The first-order valence-electron chi connectivity index (χ1n) is 11.5. The maximum atomic E-state index is 13.2. The van der Waals surface area contributed by atoms with Crippen molar-refractivity contribution >= 4 is 22.4 Å². The van der Waals surface area contributed by atoms with E-state index in [0.717, 1.165) is 36.4 Å². The maximum Gasteiger partial charge on any atom is 0.258 e. The van der Waals surface area contributed by atoms with E-state index in [2.05, 4.69) is 23.2 Å². The summed E-state index contributed by atoms with van der Waals surface area (Å²) in [5.41, 5.74) is 2.72. The average Bonchev–Trinajstić information content (AvgIpc) is 2.65. The number of anilines is 1. The molecule has 31 heavy (non-hydrogen) atoms. The van der Waals surface area contributed by atoms with Crippen molar-refractivity contribution in [2.75, 3.05) is 26.0 Å². The number of rotatable bonds is 6. The molecule has 2 saturated carbocycles. The van der Waals surface area contributed by atoms with Gasteiger partial charge in [-0.2, -0.15) is 0 Å². The number of hydrogen-bond acceptors (Lipinski definition) is 3. The Labute approximate surface area is 184 Å². The Bertz CT molecular complexity index is 1130. The SMILES string of the molecule is CN(C)CCn1ccc2c(NC(=O)CC34CC5=CC(C)(CC(C5)C3)C4)cccc2c1=O. The van der Waals surface area contributed by atoms with E-state index in [4.69, 9.17) is 0 Å². The van der Waals surface area contributed by atoms with Crippen molar-refractivity contribution < 1.29 is 4.79 Å². The van der Waals surface area contributed by atoms with Gasteiger partial charge in [-0.15, -0.1) is 0 Å². The molecule has 1 heterocycles. The van der Waals surface area contributed by atoms with Gasteiger partial charge in [0.05, 0.1) is 0 Å². The van der Waals surface area contributed by atoms with E-state index in [0.29, 0.717) is 18.4 Å². The second kappa shape index (κ2) is 7.33. The highest BCUT2D eigenvalue weighted by molar-refractivity contribution is 6.02. The topological polar surface area (TPSA) is 54.3 Å². The van der Waals surface area contributed by atoms with Crippen LogP contribution in [0, 0.1) is 16.7 Å². The number of aromatic nitrogens is 1. The van der Waals surface area contributed by atoms with E-state index in [1.165, 1.54) is 19.3 Å². The predicted octanol–water partition coefficient (Wildman–Crippen LogP) is 4.42. The number of likely N-dealkylation sites (N-methyl/N-ethyl adjacent to an activating group) is 1. The zero-order valence-corrected chi connectivity index (χ0v) is 18.9. The van der Waals surface area contributed by atoms with Crippen molar-refractivity contribution in [1.29, 1.82) is 0 Å². The molecule has 164 valence electrons. The molecule has 3 atom stereocenters. The molecular formula is C26H33N3O2. The summed E-state index contributed by atoms with van der Waals surface area (Å²) < 4.78 is 1.75. The van der Waals surface area contributed by atoms with Gasteiger partial charge in [0.15, 0.2) is 0 Å². The second-order valence-corrected chi connectivity index (χ2v) is 10.9. The van der Waals surface area contributed by atoms with Crippen LogP contribution in [0.15, 0.2) is 46.9 Å². The third-order valence-electron chi connectivity index (χ3n) is 7.58. The molecule has 6 rings (SSSR count). The van der Waals surface area contributed by atoms with Crippen molar-refractivity contribution in [2.45, 2.75) is 52.0 Å². The Balaban J connectivity index is 1.36. The van der Waals surface area contributed by atoms with Crippen LogP contribution in [0.3, 0.4) is 0 Å². The lowest BCUT2D eigenvalue weighted by Crippen LogP contribution is -2.47. The molecule has 0 spiro atoms. The highest BCUT2D eigenvalue weighted by Gasteiger charge is 2.52. The van der Waals surface area contributed by atoms with Gasteiger partial charge in [-0.1, -0.05) is 24.6 Å². The van der Waals surface area contributed by atoms with E-state index in [1.807, 2.05) is 44.6 Å². The van der Waals surface area contributed by atoms with E-state index in [1.54, 1.807) is 10.1 Å². The lowest BCUT2D eigenvalue weighted by atomic mass is 9.48. The summed E-state index contributed by atoms with van der Waals surface area (Å²) in [5.74, 6) is 0.828. The van der Waals surface area contributed by atoms with Crippen LogP contribution in [0.1, 0.15) is 45.4 Å². The molecule has 2 fully saturated rings.